The van der Waals surface area contributed by atoms with Crippen LogP contribution in [0.3, 0.4) is 0 Å². The third-order valence-electron chi connectivity index (χ3n) is 2.74. The molecule has 2 aromatic rings. The van der Waals surface area contributed by atoms with Crippen LogP contribution in [0.2, 0.25) is 0 Å². The molecule has 0 fully saturated rings. The third-order valence-corrected chi connectivity index (χ3v) is 2.74. The predicted octanol–water partition coefficient (Wildman–Crippen LogP) is 4.18. The number of hydrogen-bond acceptors (Lipinski definition) is 1. The van der Waals surface area contributed by atoms with Gasteiger partial charge in [-0.3, -0.25) is 0 Å². The first kappa shape index (κ1) is 10.7. The van der Waals surface area contributed by atoms with Gasteiger partial charge in [0.1, 0.15) is 5.75 Å². The standard InChI is InChI=1S/C15H16O/c1-11(2)14-8-3-4-9-15(14)12-6-5-7-13(16)10-12/h3-11,16H,1-2H3. The lowest BCUT2D eigenvalue weighted by Crippen LogP contribution is -1.91. The molecule has 0 heterocycles. The largest absolute Gasteiger partial charge is 0.508 e. The van der Waals surface area contributed by atoms with Crippen LogP contribution in [-0.2, 0) is 0 Å². The van der Waals surface area contributed by atoms with E-state index in [9.17, 15) is 5.11 Å². The molecule has 2 rings (SSSR count). The maximum atomic E-state index is 9.50. The van der Waals surface area contributed by atoms with Crippen LogP contribution in [0.15, 0.2) is 48.5 Å². The van der Waals surface area contributed by atoms with Crippen molar-refractivity contribution in [2.45, 2.75) is 19.8 Å². The molecule has 16 heavy (non-hydrogen) atoms. The number of aromatic hydroxyl groups is 1. The molecule has 0 aromatic heterocycles. The van der Waals surface area contributed by atoms with Crippen LogP contribution < -0.4 is 0 Å². The van der Waals surface area contributed by atoms with Gasteiger partial charge < -0.3 is 5.11 Å². The summed E-state index contributed by atoms with van der Waals surface area (Å²) >= 11 is 0. The van der Waals surface area contributed by atoms with Gasteiger partial charge in [-0.1, -0.05) is 50.2 Å². The molecule has 1 heteroatoms. The quantitative estimate of drug-likeness (QED) is 0.791. The maximum absolute atomic E-state index is 9.50. The average molecular weight is 212 g/mol. The molecule has 1 N–H and O–H groups in total. The van der Waals surface area contributed by atoms with E-state index >= 15 is 0 Å². The second kappa shape index (κ2) is 4.40. The van der Waals surface area contributed by atoms with E-state index in [1.54, 1.807) is 12.1 Å². The van der Waals surface area contributed by atoms with Gasteiger partial charge in [0.05, 0.1) is 0 Å². The fourth-order valence-corrected chi connectivity index (χ4v) is 1.94. The van der Waals surface area contributed by atoms with Crippen molar-refractivity contribution in [1.82, 2.24) is 0 Å². The zero-order chi connectivity index (χ0) is 11.5. The molecule has 0 radical (unpaired) electrons. The summed E-state index contributed by atoms with van der Waals surface area (Å²) in [6.45, 7) is 4.36. The summed E-state index contributed by atoms with van der Waals surface area (Å²) in [6, 6.07) is 15.7. The van der Waals surface area contributed by atoms with Crippen molar-refractivity contribution in [3.8, 4) is 16.9 Å². The third kappa shape index (κ3) is 2.08. The second-order valence-corrected chi connectivity index (χ2v) is 4.29. The summed E-state index contributed by atoms with van der Waals surface area (Å²) in [4.78, 5) is 0. The number of phenolic OH excluding ortho intramolecular Hbond substituents is 1. The molecule has 2 aromatic carbocycles. The van der Waals surface area contributed by atoms with Crippen molar-refractivity contribution < 1.29 is 5.11 Å². The Morgan fingerprint density at radius 1 is 0.938 bits per heavy atom. The molecule has 0 aliphatic rings. The van der Waals surface area contributed by atoms with Gasteiger partial charge in [-0.25, -0.2) is 0 Å². The van der Waals surface area contributed by atoms with Gasteiger partial charge in [-0.05, 0) is 34.7 Å². The first-order valence-electron chi connectivity index (χ1n) is 5.57. The molecule has 0 spiro atoms. The monoisotopic (exact) mass is 212 g/mol. The summed E-state index contributed by atoms with van der Waals surface area (Å²) in [5, 5.41) is 9.50. The summed E-state index contributed by atoms with van der Waals surface area (Å²) in [6.07, 6.45) is 0. The molecule has 0 aliphatic heterocycles. The Kier molecular flexibility index (Phi) is 2.95. The molecule has 0 amide bonds. The summed E-state index contributed by atoms with van der Waals surface area (Å²) in [5.74, 6) is 0.801. The van der Waals surface area contributed by atoms with Gasteiger partial charge in [-0.2, -0.15) is 0 Å². The maximum Gasteiger partial charge on any atom is 0.116 e. The van der Waals surface area contributed by atoms with Gasteiger partial charge in [-0.15, -0.1) is 0 Å². The van der Waals surface area contributed by atoms with Crippen molar-refractivity contribution in [2.75, 3.05) is 0 Å². The van der Waals surface area contributed by atoms with Crippen molar-refractivity contribution in [3.05, 3.63) is 54.1 Å². The first-order chi connectivity index (χ1) is 7.68. The molecule has 0 saturated carbocycles. The predicted molar refractivity (Wildman–Crippen MR) is 67.6 cm³/mol. The highest BCUT2D eigenvalue weighted by Crippen LogP contribution is 2.30. The Balaban J connectivity index is 2.55. The zero-order valence-corrected chi connectivity index (χ0v) is 9.64. The molecule has 1 nitrogen and oxygen atoms in total. The summed E-state index contributed by atoms with van der Waals surface area (Å²) in [5.41, 5.74) is 3.59. The van der Waals surface area contributed by atoms with E-state index in [0.29, 0.717) is 11.7 Å². The van der Waals surface area contributed by atoms with Gasteiger partial charge in [0.15, 0.2) is 0 Å². The van der Waals surface area contributed by atoms with Gasteiger partial charge in [0, 0.05) is 0 Å². The number of hydrogen-bond donors (Lipinski definition) is 1. The van der Waals surface area contributed by atoms with Crippen LogP contribution in [0.1, 0.15) is 25.3 Å². The van der Waals surface area contributed by atoms with Crippen molar-refractivity contribution in [1.29, 1.82) is 0 Å². The van der Waals surface area contributed by atoms with E-state index in [1.165, 1.54) is 11.1 Å². The van der Waals surface area contributed by atoms with Gasteiger partial charge >= 0.3 is 0 Å². The van der Waals surface area contributed by atoms with Gasteiger partial charge in [0.25, 0.3) is 0 Å². The van der Waals surface area contributed by atoms with E-state index < -0.39 is 0 Å². The van der Waals surface area contributed by atoms with E-state index in [-0.39, 0.29) is 0 Å². The van der Waals surface area contributed by atoms with Crippen LogP contribution in [0.25, 0.3) is 11.1 Å². The lowest BCUT2D eigenvalue weighted by molar-refractivity contribution is 0.475. The van der Waals surface area contributed by atoms with Crippen molar-refractivity contribution in [3.63, 3.8) is 0 Å². The minimum Gasteiger partial charge on any atom is -0.508 e. The molecule has 0 unspecified atom stereocenters. The van der Waals surface area contributed by atoms with Gasteiger partial charge in [0.2, 0.25) is 0 Å². The summed E-state index contributed by atoms with van der Waals surface area (Å²) < 4.78 is 0. The smallest absolute Gasteiger partial charge is 0.116 e. The summed E-state index contributed by atoms with van der Waals surface area (Å²) in [7, 11) is 0. The number of benzene rings is 2. The SMILES string of the molecule is CC(C)c1ccccc1-c1cccc(O)c1. The molecule has 0 saturated heterocycles. The highest BCUT2D eigenvalue weighted by molar-refractivity contribution is 5.69. The van der Waals surface area contributed by atoms with Crippen LogP contribution in [0.4, 0.5) is 0 Å². The molecular formula is C15H16O. The second-order valence-electron chi connectivity index (χ2n) is 4.29. The fraction of sp³-hybridized carbons (Fsp3) is 0.200. The molecule has 82 valence electrons. The number of phenols is 1. The van der Waals surface area contributed by atoms with Crippen molar-refractivity contribution >= 4 is 0 Å². The highest BCUT2D eigenvalue weighted by Gasteiger charge is 2.07. The topological polar surface area (TPSA) is 20.2 Å². The molecule has 0 atom stereocenters. The van der Waals surface area contributed by atoms with E-state index in [4.69, 9.17) is 0 Å². The lowest BCUT2D eigenvalue weighted by Gasteiger charge is -2.12. The lowest BCUT2D eigenvalue weighted by atomic mass is 9.93. The molecule has 0 aliphatic carbocycles. The normalized spacial score (nSPS) is 10.7. The van der Waals surface area contributed by atoms with Crippen LogP contribution in [0, 0.1) is 0 Å². The number of rotatable bonds is 2. The van der Waals surface area contributed by atoms with E-state index in [2.05, 4.69) is 32.0 Å². The van der Waals surface area contributed by atoms with E-state index in [0.717, 1.165) is 5.56 Å². The van der Waals surface area contributed by atoms with Crippen molar-refractivity contribution in [2.24, 2.45) is 0 Å². The Morgan fingerprint density at radius 2 is 1.69 bits per heavy atom. The Bertz CT molecular complexity index is 486. The van der Waals surface area contributed by atoms with Crippen LogP contribution in [0.5, 0.6) is 5.75 Å². The van der Waals surface area contributed by atoms with Crippen LogP contribution in [-0.4, -0.2) is 5.11 Å². The Morgan fingerprint density at radius 3 is 2.38 bits per heavy atom. The minimum atomic E-state index is 0.316. The van der Waals surface area contributed by atoms with Crippen LogP contribution >= 0.6 is 0 Å². The Hall–Kier alpha value is -1.76. The fourth-order valence-electron chi connectivity index (χ4n) is 1.94. The first-order valence-corrected chi connectivity index (χ1v) is 5.57. The Labute approximate surface area is 96.4 Å². The highest BCUT2D eigenvalue weighted by atomic mass is 16.3. The molecule has 0 bridgehead atoms. The van der Waals surface area contributed by atoms with E-state index in [1.807, 2.05) is 18.2 Å². The average Bonchev–Trinajstić information content (AvgIpc) is 2.29. The zero-order valence-electron chi connectivity index (χ0n) is 9.64. The minimum absolute atomic E-state index is 0.316. The molecular weight excluding hydrogens is 196 g/mol.